The van der Waals surface area contributed by atoms with Gasteiger partial charge in [0.1, 0.15) is 17.5 Å². The Bertz CT molecular complexity index is 788. The standard InChI is InChI=1S/C24H34N2O3/c1-15(2)20-12-26-23(25)21(20)24(27)29-22-16(3)10-19(11-17(22)4)14-28-13-18-8-6-5-7-9-18/h5-9,12,15-17,19,22,26H,10-11,13-14,25H2,1-4H3. The Morgan fingerprint density at radius 3 is 2.45 bits per heavy atom. The molecule has 1 aromatic heterocycles. The lowest BCUT2D eigenvalue weighted by Crippen LogP contribution is -2.39. The van der Waals surface area contributed by atoms with Crippen LogP contribution in [-0.4, -0.2) is 23.7 Å². The summed E-state index contributed by atoms with van der Waals surface area (Å²) in [5, 5.41) is 0. The summed E-state index contributed by atoms with van der Waals surface area (Å²) in [5.41, 5.74) is 8.61. The third kappa shape index (κ3) is 5.21. The summed E-state index contributed by atoms with van der Waals surface area (Å²) in [6.45, 7) is 9.82. The summed E-state index contributed by atoms with van der Waals surface area (Å²) in [5.74, 6) is 1.35. The molecule has 1 aliphatic rings. The first kappa shape index (κ1) is 21.4. The Balaban J connectivity index is 1.55. The second-order valence-corrected chi connectivity index (χ2v) is 8.85. The molecule has 0 amide bonds. The van der Waals surface area contributed by atoms with Gasteiger partial charge in [0.25, 0.3) is 0 Å². The van der Waals surface area contributed by atoms with Crippen molar-refractivity contribution in [2.75, 3.05) is 12.3 Å². The number of aromatic amines is 1. The van der Waals surface area contributed by atoms with Crippen molar-refractivity contribution in [3.8, 4) is 0 Å². The Morgan fingerprint density at radius 1 is 1.17 bits per heavy atom. The van der Waals surface area contributed by atoms with Crippen LogP contribution in [0, 0.1) is 17.8 Å². The van der Waals surface area contributed by atoms with Crippen LogP contribution >= 0.6 is 0 Å². The number of carbonyl (C=O) groups excluding carboxylic acids is 1. The molecule has 5 nitrogen and oxygen atoms in total. The van der Waals surface area contributed by atoms with Gasteiger partial charge in [-0.25, -0.2) is 4.79 Å². The van der Waals surface area contributed by atoms with Crippen molar-refractivity contribution >= 4 is 11.8 Å². The predicted octanol–water partition coefficient (Wildman–Crippen LogP) is 5.14. The molecule has 158 valence electrons. The van der Waals surface area contributed by atoms with Gasteiger partial charge in [-0.3, -0.25) is 0 Å². The number of anilines is 1. The SMILES string of the molecule is CC(C)c1c[nH]c(N)c1C(=O)OC1C(C)CC(COCc2ccccc2)CC1C. The quantitative estimate of drug-likeness (QED) is 0.633. The van der Waals surface area contributed by atoms with E-state index in [4.69, 9.17) is 15.2 Å². The van der Waals surface area contributed by atoms with Gasteiger partial charge in [0.15, 0.2) is 0 Å². The zero-order chi connectivity index (χ0) is 21.0. The number of aromatic nitrogens is 1. The van der Waals surface area contributed by atoms with E-state index in [-0.39, 0.29) is 29.8 Å². The second-order valence-electron chi connectivity index (χ2n) is 8.85. The van der Waals surface area contributed by atoms with Gasteiger partial charge in [0.2, 0.25) is 0 Å². The molecule has 0 radical (unpaired) electrons. The van der Waals surface area contributed by atoms with Gasteiger partial charge in [-0.1, -0.05) is 58.0 Å². The lowest BCUT2D eigenvalue weighted by molar-refractivity contribution is -0.0400. The van der Waals surface area contributed by atoms with Crippen molar-refractivity contribution in [3.63, 3.8) is 0 Å². The Hall–Kier alpha value is -2.27. The van der Waals surface area contributed by atoms with Crippen LogP contribution in [0.25, 0.3) is 0 Å². The van der Waals surface area contributed by atoms with E-state index >= 15 is 0 Å². The highest BCUT2D eigenvalue weighted by Gasteiger charge is 2.36. The minimum absolute atomic E-state index is 0.0952. The molecule has 29 heavy (non-hydrogen) atoms. The number of nitrogens with one attached hydrogen (secondary N) is 1. The van der Waals surface area contributed by atoms with E-state index in [1.807, 2.05) is 38.2 Å². The monoisotopic (exact) mass is 398 g/mol. The van der Waals surface area contributed by atoms with Crippen molar-refractivity contribution in [3.05, 3.63) is 53.2 Å². The first-order valence-electron chi connectivity index (χ1n) is 10.7. The topological polar surface area (TPSA) is 77.3 Å². The molecule has 2 unspecified atom stereocenters. The van der Waals surface area contributed by atoms with E-state index in [1.54, 1.807) is 0 Å². The predicted molar refractivity (Wildman–Crippen MR) is 116 cm³/mol. The maximum absolute atomic E-state index is 12.9. The number of nitrogens with two attached hydrogens (primary N) is 1. The third-order valence-electron chi connectivity index (χ3n) is 6.01. The van der Waals surface area contributed by atoms with E-state index in [2.05, 4.69) is 31.0 Å². The zero-order valence-corrected chi connectivity index (χ0v) is 18.0. The molecule has 0 saturated heterocycles. The average Bonchev–Trinajstić information content (AvgIpc) is 3.07. The third-order valence-corrected chi connectivity index (χ3v) is 6.01. The maximum Gasteiger partial charge on any atom is 0.342 e. The lowest BCUT2D eigenvalue weighted by atomic mass is 9.74. The molecule has 1 heterocycles. The van der Waals surface area contributed by atoms with Crippen molar-refractivity contribution in [1.82, 2.24) is 4.98 Å². The highest BCUT2D eigenvalue weighted by Crippen LogP contribution is 2.37. The van der Waals surface area contributed by atoms with E-state index < -0.39 is 0 Å². The summed E-state index contributed by atoms with van der Waals surface area (Å²) in [7, 11) is 0. The minimum atomic E-state index is -0.310. The molecule has 3 rings (SSSR count). The fraction of sp³-hybridized carbons (Fsp3) is 0.542. The number of rotatable bonds is 7. The normalized spacial score (nSPS) is 24.6. The number of nitrogen functional groups attached to an aromatic ring is 1. The van der Waals surface area contributed by atoms with Crippen LogP contribution in [0.15, 0.2) is 36.5 Å². The fourth-order valence-electron chi connectivity index (χ4n) is 4.58. The summed E-state index contributed by atoms with van der Waals surface area (Å²) < 4.78 is 11.9. The van der Waals surface area contributed by atoms with E-state index in [0.29, 0.717) is 23.9 Å². The zero-order valence-electron chi connectivity index (χ0n) is 18.0. The number of carbonyl (C=O) groups is 1. The van der Waals surface area contributed by atoms with Gasteiger partial charge in [0.05, 0.1) is 6.61 Å². The number of hydrogen-bond donors (Lipinski definition) is 2. The van der Waals surface area contributed by atoms with Gasteiger partial charge in [-0.15, -0.1) is 0 Å². The van der Waals surface area contributed by atoms with Crippen LogP contribution < -0.4 is 5.73 Å². The number of ether oxygens (including phenoxy) is 2. The van der Waals surface area contributed by atoms with Crippen molar-refractivity contribution in [2.24, 2.45) is 17.8 Å². The smallest absolute Gasteiger partial charge is 0.342 e. The van der Waals surface area contributed by atoms with Crippen molar-refractivity contribution in [2.45, 2.75) is 59.2 Å². The number of benzene rings is 1. The van der Waals surface area contributed by atoms with Crippen LogP contribution in [0.5, 0.6) is 0 Å². The molecule has 0 bridgehead atoms. The summed E-state index contributed by atoms with van der Waals surface area (Å²) in [6.07, 6.45) is 3.71. The van der Waals surface area contributed by atoms with Crippen molar-refractivity contribution in [1.29, 1.82) is 0 Å². The molecule has 2 atom stereocenters. The van der Waals surface area contributed by atoms with Crippen LogP contribution in [0.2, 0.25) is 0 Å². The Labute approximate surface area is 174 Å². The van der Waals surface area contributed by atoms with Gasteiger partial charge in [0, 0.05) is 12.8 Å². The second kappa shape index (κ2) is 9.49. The van der Waals surface area contributed by atoms with E-state index in [0.717, 1.165) is 25.0 Å². The molecular weight excluding hydrogens is 364 g/mol. The van der Waals surface area contributed by atoms with Crippen LogP contribution in [0.3, 0.4) is 0 Å². The molecule has 1 saturated carbocycles. The minimum Gasteiger partial charge on any atom is -0.458 e. The van der Waals surface area contributed by atoms with Crippen molar-refractivity contribution < 1.29 is 14.3 Å². The molecule has 2 aromatic rings. The molecular formula is C24H34N2O3. The van der Waals surface area contributed by atoms with Gasteiger partial charge in [-0.05, 0) is 47.6 Å². The van der Waals surface area contributed by atoms with Gasteiger partial charge in [-0.2, -0.15) is 0 Å². The summed E-state index contributed by atoms with van der Waals surface area (Å²) >= 11 is 0. The van der Waals surface area contributed by atoms with Gasteiger partial charge < -0.3 is 20.2 Å². The number of H-pyrrole nitrogens is 1. The summed E-state index contributed by atoms with van der Waals surface area (Å²) in [4.78, 5) is 15.8. The van der Waals surface area contributed by atoms with Crippen LogP contribution in [0.4, 0.5) is 5.82 Å². The maximum atomic E-state index is 12.9. The van der Waals surface area contributed by atoms with E-state index in [1.165, 1.54) is 5.56 Å². The average molecular weight is 399 g/mol. The molecule has 5 heteroatoms. The van der Waals surface area contributed by atoms with Gasteiger partial charge >= 0.3 is 5.97 Å². The fourth-order valence-corrected chi connectivity index (χ4v) is 4.58. The highest BCUT2D eigenvalue weighted by molar-refractivity contribution is 5.96. The molecule has 1 aliphatic carbocycles. The highest BCUT2D eigenvalue weighted by atomic mass is 16.5. The largest absolute Gasteiger partial charge is 0.458 e. The van der Waals surface area contributed by atoms with Crippen LogP contribution in [0.1, 0.15) is 67.9 Å². The number of esters is 1. The number of hydrogen-bond acceptors (Lipinski definition) is 4. The molecule has 0 aliphatic heterocycles. The lowest BCUT2D eigenvalue weighted by Gasteiger charge is -2.38. The molecule has 3 N–H and O–H groups in total. The first-order valence-corrected chi connectivity index (χ1v) is 10.7. The summed E-state index contributed by atoms with van der Waals surface area (Å²) in [6, 6.07) is 10.2. The molecule has 0 spiro atoms. The van der Waals surface area contributed by atoms with E-state index in [9.17, 15) is 4.79 Å². The Morgan fingerprint density at radius 2 is 1.83 bits per heavy atom. The Kier molecular flexibility index (Phi) is 7.01. The van der Waals surface area contributed by atoms with Crippen LogP contribution in [-0.2, 0) is 16.1 Å². The molecule has 1 aromatic carbocycles. The molecule has 1 fully saturated rings. The first-order chi connectivity index (χ1) is 13.9.